The van der Waals surface area contributed by atoms with E-state index in [0.717, 1.165) is 31.2 Å². The van der Waals surface area contributed by atoms with Crippen molar-refractivity contribution < 1.29 is 22.5 Å². The molecule has 1 amide bonds. The molecule has 1 aliphatic heterocycles. The number of nitrogens with zero attached hydrogens (tertiary/aromatic N) is 1. The molecule has 1 aliphatic rings. The van der Waals surface area contributed by atoms with E-state index in [1.54, 1.807) is 24.3 Å². The van der Waals surface area contributed by atoms with E-state index < -0.39 is 16.2 Å². The van der Waals surface area contributed by atoms with Crippen LogP contribution < -0.4 is 0 Å². The van der Waals surface area contributed by atoms with Crippen molar-refractivity contribution in [3.63, 3.8) is 0 Å². The first kappa shape index (κ1) is 20.7. The number of piperidine rings is 1. The van der Waals surface area contributed by atoms with Crippen molar-refractivity contribution in [2.75, 3.05) is 19.7 Å². The fourth-order valence-electron chi connectivity index (χ4n) is 3.09. The van der Waals surface area contributed by atoms with Crippen LogP contribution in [-0.4, -0.2) is 44.2 Å². The Morgan fingerprint density at radius 2 is 1.81 bits per heavy atom. The molecular weight excluding hydrogens is 354 g/mol. The molecule has 0 unspecified atom stereocenters. The van der Waals surface area contributed by atoms with Crippen LogP contribution in [0.2, 0.25) is 0 Å². The number of hydrogen-bond donors (Lipinski definition) is 1. The molecule has 0 saturated carbocycles. The lowest BCUT2D eigenvalue weighted by Gasteiger charge is -2.32. The second kappa shape index (κ2) is 8.39. The Kier molecular flexibility index (Phi) is 6.69. The van der Waals surface area contributed by atoms with E-state index >= 15 is 0 Å². The fourth-order valence-corrected chi connectivity index (χ4v) is 4.17. The monoisotopic (exact) mass is 383 g/mol. The van der Waals surface area contributed by atoms with Crippen molar-refractivity contribution in [3.8, 4) is 0 Å². The van der Waals surface area contributed by atoms with Gasteiger partial charge in [0, 0.05) is 13.1 Å². The summed E-state index contributed by atoms with van der Waals surface area (Å²) in [4.78, 5) is 12.6. The average molecular weight is 384 g/mol. The minimum absolute atomic E-state index is 0.136. The maximum Gasteiger partial charge on any atom is 0.407 e. The Morgan fingerprint density at radius 3 is 2.35 bits per heavy atom. The van der Waals surface area contributed by atoms with Crippen molar-refractivity contribution in [2.24, 2.45) is 11.3 Å². The van der Waals surface area contributed by atoms with Crippen LogP contribution in [0.1, 0.15) is 45.1 Å². The quantitative estimate of drug-likeness (QED) is 0.722. The molecule has 1 saturated heterocycles. The van der Waals surface area contributed by atoms with Crippen LogP contribution >= 0.6 is 0 Å². The van der Waals surface area contributed by atoms with E-state index in [1.807, 2.05) is 20.8 Å². The molecule has 1 N–H and O–H groups in total. The molecule has 146 valence electrons. The van der Waals surface area contributed by atoms with Gasteiger partial charge < -0.3 is 10.0 Å². The number of rotatable bonds is 7. The van der Waals surface area contributed by atoms with Gasteiger partial charge in [-0.2, -0.15) is 8.42 Å². The first-order valence-electron chi connectivity index (χ1n) is 9.03. The van der Waals surface area contributed by atoms with E-state index in [2.05, 4.69) is 0 Å². The van der Waals surface area contributed by atoms with Crippen LogP contribution in [0.15, 0.2) is 29.2 Å². The molecule has 1 aromatic rings. The summed E-state index contributed by atoms with van der Waals surface area (Å²) in [6.07, 6.45) is 2.68. The predicted molar refractivity (Wildman–Crippen MR) is 99.7 cm³/mol. The Labute approximate surface area is 156 Å². The summed E-state index contributed by atoms with van der Waals surface area (Å²) < 4.78 is 29.9. The van der Waals surface area contributed by atoms with Gasteiger partial charge in [-0.15, -0.1) is 0 Å². The maximum absolute atomic E-state index is 12.3. The van der Waals surface area contributed by atoms with E-state index in [9.17, 15) is 13.2 Å². The van der Waals surface area contributed by atoms with Crippen LogP contribution in [-0.2, 0) is 14.3 Å². The number of benzene rings is 1. The minimum Gasteiger partial charge on any atom is -0.465 e. The highest BCUT2D eigenvalue weighted by Crippen LogP contribution is 2.30. The molecule has 0 atom stereocenters. The van der Waals surface area contributed by atoms with Crippen LogP contribution in [0, 0.1) is 18.3 Å². The number of amides is 1. The van der Waals surface area contributed by atoms with Gasteiger partial charge in [0.2, 0.25) is 0 Å². The predicted octanol–water partition coefficient (Wildman–Crippen LogP) is 3.90. The first-order valence-corrected chi connectivity index (χ1v) is 10.4. The number of carbonyl (C=O) groups is 1. The lowest BCUT2D eigenvalue weighted by atomic mass is 9.82. The van der Waals surface area contributed by atoms with E-state index in [4.69, 9.17) is 9.29 Å². The van der Waals surface area contributed by atoms with Gasteiger partial charge >= 0.3 is 6.09 Å². The van der Waals surface area contributed by atoms with Crippen molar-refractivity contribution in [2.45, 2.75) is 51.3 Å². The van der Waals surface area contributed by atoms with Gasteiger partial charge in [0.15, 0.2) is 0 Å². The van der Waals surface area contributed by atoms with Crippen LogP contribution in [0.4, 0.5) is 4.79 Å². The summed E-state index contributed by atoms with van der Waals surface area (Å²) in [7, 11) is -3.74. The average Bonchev–Trinajstić information content (AvgIpc) is 2.59. The molecule has 2 rings (SSSR count). The number of carboxylic acid groups (broad SMARTS) is 1. The maximum atomic E-state index is 12.3. The summed E-state index contributed by atoms with van der Waals surface area (Å²) in [6, 6.07) is 6.64. The van der Waals surface area contributed by atoms with Crippen LogP contribution in [0.25, 0.3) is 0 Å². The van der Waals surface area contributed by atoms with Gasteiger partial charge in [-0.05, 0) is 56.1 Å². The highest BCUT2D eigenvalue weighted by Gasteiger charge is 2.27. The minimum atomic E-state index is -3.74. The van der Waals surface area contributed by atoms with Crippen molar-refractivity contribution in [1.29, 1.82) is 0 Å². The Morgan fingerprint density at radius 1 is 1.23 bits per heavy atom. The topological polar surface area (TPSA) is 83.9 Å². The fraction of sp³-hybridized carbons (Fsp3) is 0.632. The Bertz CT molecular complexity index is 704. The third-order valence-electron chi connectivity index (χ3n) is 5.03. The molecule has 1 fully saturated rings. The largest absolute Gasteiger partial charge is 0.465 e. The Balaban J connectivity index is 1.81. The van der Waals surface area contributed by atoms with Crippen molar-refractivity contribution in [3.05, 3.63) is 29.8 Å². The summed E-state index contributed by atoms with van der Waals surface area (Å²) in [6.45, 7) is 7.21. The second-order valence-corrected chi connectivity index (χ2v) is 9.56. The molecule has 0 radical (unpaired) electrons. The van der Waals surface area contributed by atoms with Crippen LogP contribution in [0.3, 0.4) is 0 Å². The molecule has 0 aliphatic carbocycles. The van der Waals surface area contributed by atoms with Crippen molar-refractivity contribution in [1.82, 2.24) is 4.90 Å². The summed E-state index contributed by atoms with van der Waals surface area (Å²) in [5.74, 6) is 0.485. The molecule has 26 heavy (non-hydrogen) atoms. The van der Waals surface area contributed by atoms with Gasteiger partial charge in [0.1, 0.15) is 0 Å². The summed E-state index contributed by atoms with van der Waals surface area (Å²) in [5.41, 5.74) is 0.736. The third kappa shape index (κ3) is 5.99. The normalized spacial score (nSPS) is 16.7. The van der Waals surface area contributed by atoms with Gasteiger partial charge in [0.25, 0.3) is 10.1 Å². The lowest BCUT2D eigenvalue weighted by Crippen LogP contribution is -2.37. The van der Waals surface area contributed by atoms with Gasteiger partial charge in [-0.3, -0.25) is 4.18 Å². The molecule has 0 bridgehead atoms. The highest BCUT2D eigenvalue weighted by atomic mass is 32.2. The third-order valence-corrected chi connectivity index (χ3v) is 6.31. The molecule has 1 heterocycles. The summed E-state index contributed by atoms with van der Waals surface area (Å²) in [5, 5.41) is 8.99. The smallest absolute Gasteiger partial charge is 0.407 e. The van der Waals surface area contributed by atoms with E-state index in [0.29, 0.717) is 19.0 Å². The number of aryl methyl sites for hydroxylation is 1. The zero-order valence-corrected chi connectivity index (χ0v) is 16.6. The summed E-state index contributed by atoms with van der Waals surface area (Å²) >= 11 is 0. The molecule has 0 spiro atoms. The zero-order valence-electron chi connectivity index (χ0n) is 15.8. The lowest BCUT2D eigenvalue weighted by molar-refractivity contribution is 0.115. The molecule has 1 aromatic carbocycles. The van der Waals surface area contributed by atoms with Gasteiger partial charge in [-0.25, -0.2) is 4.79 Å². The standard InChI is InChI=1S/C19H29NO5S/c1-15-4-6-17(7-5-15)26(23,24)25-14-19(2,3)11-8-16-9-12-20(13-10-16)18(21)22/h4-7,16H,8-14H2,1-3H3,(H,21,22). The Hall–Kier alpha value is -1.60. The van der Waals surface area contributed by atoms with Crippen molar-refractivity contribution >= 4 is 16.2 Å². The molecule has 0 aromatic heterocycles. The van der Waals surface area contributed by atoms with Crippen LogP contribution in [0.5, 0.6) is 0 Å². The number of hydrogen-bond acceptors (Lipinski definition) is 4. The van der Waals surface area contributed by atoms with E-state index in [-0.39, 0.29) is 16.9 Å². The SMILES string of the molecule is Cc1ccc(S(=O)(=O)OCC(C)(C)CCC2CCN(C(=O)O)CC2)cc1. The first-order chi connectivity index (χ1) is 12.1. The van der Waals surface area contributed by atoms with Gasteiger partial charge in [-0.1, -0.05) is 31.5 Å². The van der Waals surface area contributed by atoms with E-state index in [1.165, 1.54) is 4.90 Å². The highest BCUT2D eigenvalue weighted by molar-refractivity contribution is 7.86. The number of likely N-dealkylation sites (tertiary alicyclic amines) is 1. The van der Waals surface area contributed by atoms with Gasteiger partial charge in [0.05, 0.1) is 11.5 Å². The molecule has 7 heteroatoms. The second-order valence-electron chi connectivity index (χ2n) is 7.95. The zero-order chi connectivity index (χ0) is 19.4. The molecular formula is C19H29NO5S. The molecule has 6 nitrogen and oxygen atoms in total.